The Labute approximate surface area is 143 Å². The van der Waals surface area contributed by atoms with E-state index in [2.05, 4.69) is 26.4 Å². The van der Waals surface area contributed by atoms with E-state index >= 15 is 0 Å². The summed E-state index contributed by atoms with van der Waals surface area (Å²) in [4.78, 5) is 12.3. The van der Waals surface area contributed by atoms with Crippen molar-refractivity contribution in [2.24, 2.45) is 0 Å². The predicted octanol–water partition coefficient (Wildman–Crippen LogP) is 4.00. The van der Waals surface area contributed by atoms with E-state index in [1.165, 1.54) is 12.8 Å². The molecular formula is C17H19BrN2O3. The number of carbonyl (C=O) groups is 1. The molecule has 6 heteroatoms. The van der Waals surface area contributed by atoms with Crippen LogP contribution in [0.1, 0.15) is 47.5 Å². The average molecular weight is 379 g/mol. The van der Waals surface area contributed by atoms with Crippen molar-refractivity contribution in [1.82, 2.24) is 10.5 Å². The number of nitrogens with one attached hydrogen (secondary N) is 1. The summed E-state index contributed by atoms with van der Waals surface area (Å²) in [6.07, 6.45) is 4.54. The van der Waals surface area contributed by atoms with E-state index in [1.54, 1.807) is 18.2 Å². The van der Waals surface area contributed by atoms with Crippen LogP contribution in [0.4, 0.5) is 0 Å². The third-order valence-electron chi connectivity index (χ3n) is 3.94. The Morgan fingerprint density at radius 3 is 2.83 bits per heavy atom. The molecule has 0 spiro atoms. The molecule has 23 heavy (non-hydrogen) atoms. The zero-order chi connectivity index (χ0) is 16.2. The van der Waals surface area contributed by atoms with Gasteiger partial charge in [-0.2, -0.15) is 0 Å². The second kappa shape index (κ2) is 7.17. The standard InChI is InChI=1S/C17H19BrN2O3/c1-11-8-14(20-23-11)10-22-16-7-6-12(9-15(16)18)17(21)19-13-4-2-3-5-13/h6-9,13H,2-5,10H2,1H3,(H,19,21). The Balaban J connectivity index is 1.61. The van der Waals surface area contributed by atoms with Crippen LogP contribution >= 0.6 is 15.9 Å². The van der Waals surface area contributed by atoms with Crippen molar-refractivity contribution in [1.29, 1.82) is 0 Å². The fourth-order valence-electron chi connectivity index (χ4n) is 2.74. The molecule has 3 rings (SSSR count). The van der Waals surface area contributed by atoms with Gasteiger partial charge in [0, 0.05) is 17.7 Å². The molecule has 1 aliphatic carbocycles. The van der Waals surface area contributed by atoms with Gasteiger partial charge < -0.3 is 14.6 Å². The molecule has 1 N–H and O–H groups in total. The minimum absolute atomic E-state index is 0.0312. The van der Waals surface area contributed by atoms with Crippen LogP contribution < -0.4 is 10.1 Å². The first-order valence-corrected chi connectivity index (χ1v) is 8.56. The van der Waals surface area contributed by atoms with Crippen LogP contribution in [0.3, 0.4) is 0 Å². The van der Waals surface area contributed by atoms with Crippen LogP contribution in [0.15, 0.2) is 33.3 Å². The first-order valence-electron chi connectivity index (χ1n) is 7.77. The zero-order valence-electron chi connectivity index (χ0n) is 13.0. The minimum Gasteiger partial charge on any atom is -0.486 e. The normalized spacial score (nSPS) is 14.9. The Bertz CT molecular complexity index is 693. The van der Waals surface area contributed by atoms with Gasteiger partial charge in [-0.15, -0.1) is 0 Å². The highest BCUT2D eigenvalue weighted by molar-refractivity contribution is 9.10. The van der Waals surface area contributed by atoms with Gasteiger partial charge in [0.25, 0.3) is 5.91 Å². The molecule has 0 saturated heterocycles. The summed E-state index contributed by atoms with van der Waals surface area (Å²) in [6, 6.07) is 7.50. The first kappa shape index (κ1) is 16.1. The highest BCUT2D eigenvalue weighted by atomic mass is 79.9. The van der Waals surface area contributed by atoms with Crippen molar-refractivity contribution in [2.45, 2.75) is 45.3 Å². The van der Waals surface area contributed by atoms with E-state index in [0.717, 1.165) is 28.8 Å². The average Bonchev–Trinajstić information content (AvgIpc) is 3.17. The van der Waals surface area contributed by atoms with Gasteiger partial charge in [-0.25, -0.2) is 0 Å². The van der Waals surface area contributed by atoms with Gasteiger partial charge in [0.2, 0.25) is 0 Å². The maximum Gasteiger partial charge on any atom is 0.251 e. The Kier molecular flexibility index (Phi) is 5.00. The van der Waals surface area contributed by atoms with E-state index in [-0.39, 0.29) is 5.91 Å². The number of nitrogens with zero attached hydrogens (tertiary/aromatic N) is 1. The van der Waals surface area contributed by atoms with Crippen molar-refractivity contribution in [3.05, 3.63) is 45.8 Å². The molecule has 0 atom stereocenters. The molecule has 5 nitrogen and oxygen atoms in total. The molecule has 1 aromatic heterocycles. The number of aryl methyl sites for hydroxylation is 1. The summed E-state index contributed by atoms with van der Waals surface area (Å²) < 4.78 is 11.5. The summed E-state index contributed by atoms with van der Waals surface area (Å²) in [5.74, 6) is 1.39. The lowest BCUT2D eigenvalue weighted by Gasteiger charge is -2.13. The molecule has 0 bridgehead atoms. The monoisotopic (exact) mass is 378 g/mol. The number of carbonyl (C=O) groups excluding carboxylic acids is 1. The zero-order valence-corrected chi connectivity index (χ0v) is 14.6. The Morgan fingerprint density at radius 1 is 1.39 bits per heavy atom. The first-order chi connectivity index (χ1) is 11.1. The van der Waals surface area contributed by atoms with Gasteiger partial charge in [0.05, 0.1) is 4.47 Å². The smallest absolute Gasteiger partial charge is 0.251 e. The minimum atomic E-state index is -0.0312. The molecule has 0 aliphatic heterocycles. The predicted molar refractivity (Wildman–Crippen MR) is 89.4 cm³/mol. The van der Waals surface area contributed by atoms with Crippen LogP contribution in [-0.2, 0) is 6.61 Å². The third-order valence-corrected chi connectivity index (χ3v) is 4.56. The van der Waals surface area contributed by atoms with Gasteiger partial charge >= 0.3 is 0 Å². The number of hydrogen-bond donors (Lipinski definition) is 1. The molecule has 122 valence electrons. The SMILES string of the molecule is Cc1cc(COc2ccc(C(=O)NC3CCCC3)cc2Br)no1. The van der Waals surface area contributed by atoms with E-state index in [1.807, 2.05) is 13.0 Å². The number of halogens is 1. The number of hydrogen-bond acceptors (Lipinski definition) is 4. The summed E-state index contributed by atoms with van der Waals surface area (Å²) in [6.45, 7) is 2.16. The van der Waals surface area contributed by atoms with Gasteiger partial charge in [-0.3, -0.25) is 4.79 Å². The lowest BCUT2D eigenvalue weighted by molar-refractivity contribution is 0.0937. The fourth-order valence-corrected chi connectivity index (χ4v) is 3.23. The molecule has 0 radical (unpaired) electrons. The van der Waals surface area contributed by atoms with E-state index in [4.69, 9.17) is 9.26 Å². The molecule has 0 unspecified atom stereocenters. The number of rotatable bonds is 5. The lowest BCUT2D eigenvalue weighted by Crippen LogP contribution is -2.32. The van der Waals surface area contributed by atoms with Gasteiger partial charge in [0.1, 0.15) is 23.8 Å². The molecule has 1 aliphatic rings. The summed E-state index contributed by atoms with van der Waals surface area (Å²) >= 11 is 3.46. The molecule has 1 saturated carbocycles. The highest BCUT2D eigenvalue weighted by Crippen LogP contribution is 2.27. The van der Waals surface area contributed by atoms with E-state index < -0.39 is 0 Å². The Hall–Kier alpha value is -1.82. The number of benzene rings is 1. The largest absolute Gasteiger partial charge is 0.486 e. The maximum absolute atomic E-state index is 12.3. The highest BCUT2D eigenvalue weighted by Gasteiger charge is 2.18. The molecule has 2 aromatic rings. The van der Waals surface area contributed by atoms with Gasteiger partial charge in [-0.1, -0.05) is 18.0 Å². The molecule has 1 fully saturated rings. The second-order valence-electron chi connectivity index (χ2n) is 5.82. The van der Waals surface area contributed by atoms with Crippen LogP contribution in [-0.4, -0.2) is 17.1 Å². The van der Waals surface area contributed by atoms with Gasteiger partial charge in [-0.05, 0) is 53.9 Å². The van der Waals surface area contributed by atoms with Crippen LogP contribution in [0.25, 0.3) is 0 Å². The maximum atomic E-state index is 12.3. The quantitative estimate of drug-likeness (QED) is 0.853. The topological polar surface area (TPSA) is 64.4 Å². The van der Waals surface area contributed by atoms with Gasteiger partial charge in [0.15, 0.2) is 0 Å². The van der Waals surface area contributed by atoms with Crippen molar-refractivity contribution >= 4 is 21.8 Å². The molecule has 1 amide bonds. The number of aromatic nitrogens is 1. The van der Waals surface area contributed by atoms with Crippen LogP contribution in [0.5, 0.6) is 5.75 Å². The summed E-state index contributed by atoms with van der Waals surface area (Å²) in [5.41, 5.74) is 1.37. The van der Waals surface area contributed by atoms with Crippen molar-refractivity contribution < 1.29 is 14.1 Å². The number of amides is 1. The third kappa shape index (κ3) is 4.13. The lowest BCUT2D eigenvalue weighted by atomic mass is 10.1. The number of ether oxygens (including phenoxy) is 1. The molecule has 1 aromatic carbocycles. The summed E-state index contributed by atoms with van der Waals surface area (Å²) in [7, 11) is 0. The van der Waals surface area contributed by atoms with Crippen LogP contribution in [0.2, 0.25) is 0 Å². The van der Waals surface area contributed by atoms with E-state index in [0.29, 0.717) is 24.0 Å². The van der Waals surface area contributed by atoms with E-state index in [9.17, 15) is 4.79 Å². The van der Waals surface area contributed by atoms with Crippen LogP contribution in [0, 0.1) is 6.92 Å². The second-order valence-corrected chi connectivity index (χ2v) is 6.67. The van der Waals surface area contributed by atoms with Crippen molar-refractivity contribution in [3.63, 3.8) is 0 Å². The Morgan fingerprint density at radius 2 is 2.17 bits per heavy atom. The molecule has 1 heterocycles. The fraction of sp³-hybridized carbons (Fsp3) is 0.412. The summed E-state index contributed by atoms with van der Waals surface area (Å²) in [5, 5.41) is 6.96. The molecular weight excluding hydrogens is 360 g/mol. The van der Waals surface area contributed by atoms with Crippen molar-refractivity contribution in [3.8, 4) is 5.75 Å². The van der Waals surface area contributed by atoms with Crippen molar-refractivity contribution in [2.75, 3.05) is 0 Å².